The summed E-state index contributed by atoms with van der Waals surface area (Å²) in [6, 6.07) is 14.8. The molecule has 26 heavy (non-hydrogen) atoms. The Labute approximate surface area is 150 Å². The fraction of sp³-hybridized carbons (Fsp3) is 0.150. The molecule has 1 aromatic heterocycles. The van der Waals surface area contributed by atoms with Crippen LogP contribution < -0.4 is 10.6 Å². The van der Waals surface area contributed by atoms with Crippen molar-refractivity contribution in [1.82, 2.24) is 10.3 Å². The van der Waals surface area contributed by atoms with Crippen molar-refractivity contribution in [2.24, 2.45) is 0 Å². The molecule has 2 amide bonds. The first kappa shape index (κ1) is 17.4. The number of carbonyl (C=O) groups is 2. The molecule has 0 unspecified atom stereocenters. The van der Waals surface area contributed by atoms with Crippen molar-refractivity contribution < 1.29 is 14.0 Å². The lowest BCUT2D eigenvalue weighted by Gasteiger charge is -2.05. The Bertz CT molecular complexity index is 945. The Morgan fingerprint density at radius 2 is 1.96 bits per heavy atom. The molecule has 0 bridgehead atoms. The SMILES string of the molecule is Cc1nc2cc(NC(=O)CCNC(=O)C=Cc3ccccc3)ccc2o1. The molecule has 3 rings (SSSR count). The van der Waals surface area contributed by atoms with Crippen LogP contribution in [0.2, 0.25) is 0 Å². The summed E-state index contributed by atoms with van der Waals surface area (Å²) in [4.78, 5) is 28.0. The number of nitrogens with one attached hydrogen (secondary N) is 2. The molecule has 0 fully saturated rings. The Morgan fingerprint density at radius 1 is 1.15 bits per heavy atom. The second-order valence-electron chi connectivity index (χ2n) is 5.75. The molecule has 0 atom stereocenters. The standard InChI is InChI=1S/C20H19N3O3/c1-14-22-17-13-16(8-9-18(17)26-14)23-20(25)11-12-21-19(24)10-7-15-5-3-2-4-6-15/h2-10,13H,11-12H2,1H3,(H,21,24)(H,23,25). The van der Waals surface area contributed by atoms with Crippen LogP contribution in [0, 0.1) is 6.92 Å². The van der Waals surface area contributed by atoms with E-state index in [1.807, 2.05) is 30.3 Å². The van der Waals surface area contributed by atoms with Crippen molar-refractivity contribution in [2.75, 3.05) is 11.9 Å². The van der Waals surface area contributed by atoms with Crippen LogP contribution >= 0.6 is 0 Å². The topological polar surface area (TPSA) is 84.2 Å². The first-order valence-electron chi connectivity index (χ1n) is 8.28. The fourth-order valence-electron chi connectivity index (χ4n) is 2.44. The van der Waals surface area contributed by atoms with Crippen LogP contribution in [0.4, 0.5) is 5.69 Å². The molecule has 0 saturated carbocycles. The highest BCUT2D eigenvalue weighted by Gasteiger charge is 2.06. The molecule has 0 aliphatic carbocycles. The van der Waals surface area contributed by atoms with Crippen LogP contribution in [-0.2, 0) is 9.59 Å². The Kier molecular flexibility index (Phi) is 5.43. The van der Waals surface area contributed by atoms with Crippen LogP contribution in [0.25, 0.3) is 17.2 Å². The molecule has 1 heterocycles. The average molecular weight is 349 g/mol. The number of anilines is 1. The van der Waals surface area contributed by atoms with Gasteiger partial charge >= 0.3 is 0 Å². The minimum absolute atomic E-state index is 0.181. The lowest BCUT2D eigenvalue weighted by molar-refractivity contribution is -0.117. The van der Waals surface area contributed by atoms with Gasteiger partial charge in [0.05, 0.1) is 0 Å². The van der Waals surface area contributed by atoms with Gasteiger partial charge in [-0.15, -0.1) is 0 Å². The normalized spacial score (nSPS) is 11.0. The van der Waals surface area contributed by atoms with E-state index in [0.29, 0.717) is 22.7 Å². The van der Waals surface area contributed by atoms with Gasteiger partial charge in [0.15, 0.2) is 11.5 Å². The molecular weight excluding hydrogens is 330 g/mol. The number of hydrogen-bond acceptors (Lipinski definition) is 4. The molecule has 132 valence electrons. The molecule has 0 aliphatic rings. The number of nitrogens with zero attached hydrogens (tertiary/aromatic N) is 1. The van der Waals surface area contributed by atoms with Gasteiger partial charge in [-0.2, -0.15) is 0 Å². The summed E-state index contributed by atoms with van der Waals surface area (Å²) in [5, 5.41) is 5.47. The number of benzene rings is 2. The lowest BCUT2D eigenvalue weighted by Crippen LogP contribution is -2.26. The maximum absolute atomic E-state index is 12.0. The summed E-state index contributed by atoms with van der Waals surface area (Å²) in [6.45, 7) is 2.03. The Morgan fingerprint density at radius 3 is 2.77 bits per heavy atom. The second-order valence-corrected chi connectivity index (χ2v) is 5.75. The van der Waals surface area contributed by atoms with Gasteiger partial charge in [0.1, 0.15) is 5.52 Å². The summed E-state index contributed by atoms with van der Waals surface area (Å²) in [7, 11) is 0. The second kappa shape index (κ2) is 8.11. The average Bonchev–Trinajstić information content (AvgIpc) is 3.00. The maximum atomic E-state index is 12.0. The summed E-state index contributed by atoms with van der Waals surface area (Å²) >= 11 is 0. The van der Waals surface area contributed by atoms with E-state index < -0.39 is 0 Å². The predicted molar refractivity (Wildman–Crippen MR) is 100 cm³/mol. The monoisotopic (exact) mass is 349 g/mol. The van der Waals surface area contributed by atoms with Crippen molar-refractivity contribution in [3.8, 4) is 0 Å². The third-order valence-corrected chi connectivity index (χ3v) is 3.66. The zero-order valence-electron chi connectivity index (χ0n) is 14.4. The third kappa shape index (κ3) is 4.80. The van der Waals surface area contributed by atoms with Gasteiger partial charge in [0, 0.05) is 31.7 Å². The minimum Gasteiger partial charge on any atom is -0.441 e. The Balaban J connectivity index is 1.44. The van der Waals surface area contributed by atoms with Crippen LogP contribution in [0.15, 0.2) is 59.0 Å². The van der Waals surface area contributed by atoms with Crippen molar-refractivity contribution >= 4 is 34.7 Å². The van der Waals surface area contributed by atoms with Gasteiger partial charge in [-0.3, -0.25) is 9.59 Å². The number of aryl methyl sites for hydroxylation is 1. The molecular formula is C20H19N3O3. The van der Waals surface area contributed by atoms with Crippen molar-refractivity contribution in [2.45, 2.75) is 13.3 Å². The molecule has 0 radical (unpaired) electrons. The zero-order chi connectivity index (χ0) is 18.4. The summed E-state index contributed by atoms with van der Waals surface area (Å²) in [5.41, 5.74) is 2.96. The van der Waals surface area contributed by atoms with E-state index in [2.05, 4.69) is 15.6 Å². The van der Waals surface area contributed by atoms with Gasteiger partial charge in [0.25, 0.3) is 0 Å². The molecule has 0 spiro atoms. The molecule has 0 saturated heterocycles. The third-order valence-electron chi connectivity index (χ3n) is 3.66. The molecule has 0 aliphatic heterocycles. The molecule has 3 aromatic rings. The molecule has 2 N–H and O–H groups in total. The van der Waals surface area contributed by atoms with Crippen molar-refractivity contribution in [1.29, 1.82) is 0 Å². The van der Waals surface area contributed by atoms with Gasteiger partial charge < -0.3 is 15.1 Å². The summed E-state index contributed by atoms with van der Waals surface area (Å²) < 4.78 is 5.40. The number of oxazole rings is 1. The van der Waals surface area contributed by atoms with Gasteiger partial charge in [0.2, 0.25) is 11.8 Å². The van der Waals surface area contributed by atoms with Crippen molar-refractivity contribution in [3.05, 3.63) is 66.1 Å². The summed E-state index contributed by atoms with van der Waals surface area (Å²) in [5.74, 6) is 0.160. The van der Waals surface area contributed by atoms with Gasteiger partial charge in [-0.25, -0.2) is 4.98 Å². The van der Waals surface area contributed by atoms with E-state index >= 15 is 0 Å². The van der Waals surface area contributed by atoms with Crippen LogP contribution in [0.3, 0.4) is 0 Å². The maximum Gasteiger partial charge on any atom is 0.244 e. The lowest BCUT2D eigenvalue weighted by atomic mass is 10.2. The fourth-order valence-corrected chi connectivity index (χ4v) is 2.44. The zero-order valence-corrected chi connectivity index (χ0v) is 14.4. The quantitative estimate of drug-likeness (QED) is 0.669. The van der Waals surface area contributed by atoms with Gasteiger partial charge in [-0.05, 0) is 29.8 Å². The van der Waals surface area contributed by atoms with Crippen LogP contribution in [-0.4, -0.2) is 23.3 Å². The van der Waals surface area contributed by atoms with E-state index in [0.717, 1.165) is 5.56 Å². The number of aromatic nitrogens is 1. The minimum atomic E-state index is -0.235. The van der Waals surface area contributed by atoms with Gasteiger partial charge in [-0.1, -0.05) is 30.3 Å². The number of rotatable bonds is 6. The largest absolute Gasteiger partial charge is 0.441 e. The smallest absolute Gasteiger partial charge is 0.244 e. The van der Waals surface area contributed by atoms with E-state index in [4.69, 9.17) is 4.42 Å². The molecule has 6 nitrogen and oxygen atoms in total. The van der Waals surface area contributed by atoms with E-state index in [-0.39, 0.29) is 24.8 Å². The number of carbonyl (C=O) groups excluding carboxylic acids is 2. The summed E-state index contributed by atoms with van der Waals surface area (Å²) in [6.07, 6.45) is 3.36. The van der Waals surface area contributed by atoms with E-state index in [9.17, 15) is 9.59 Å². The highest BCUT2D eigenvalue weighted by molar-refractivity contribution is 5.94. The number of hydrogen-bond donors (Lipinski definition) is 2. The van der Waals surface area contributed by atoms with Crippen LogP contribution in [0.1, 0.15) is 17.9 Å². The predicted octanol–water partition coefficient (Wildman–Crippen LogP) is 3.29. The van der Waals surface area contributed by atoms with Crippen LogP contribution in [0.5, 0.6) is 0 Å². The van der Waals surface area contributed by atoms with E-state index in [1.54, 1.807) is 31.2 Å². The molecule has 6 heteroatoms. The number of amides is 2. The Hall–Kier alpha value is -3.41. The van der Waals surface area contributed by atoms with Crippen molar-refractivity contribution in [3.63, 3.8) is 0 Å². The first-order chi connectivity index (χ1) is 12.6. The van der Waals surface area contributed by atoms with E-state index in [1.165, 1.54) is 6.08 Å². The highest BCUT2D eigenvalue weighted by atomic mass is 16.3. The first-order valence-corrected chi connectivity index (χ1v) is 8.28. The highest BCUT2D eigenvalue weighted by Crippen LogP contribution is 2.19. The number of fused-ring (bicyclic) bond motifs is 1. The molecule has 2 aromatic carbocycles.